The van der Waals surface area contributed by atoms with Crippen molar-refractivity contribution in [3.63, 3.8) is 0 Å². The molecule has 198 valence electrons. The van der Waals surface area contributed by atoms with Gasteiger partial charge in [0.1, 0.15) is 17.7 Å². The van der Waals surface area contributed by atoms with E-state index in [0.29, 0.717) is 56.1 Å². The third kappa shape index (κ3) is 2.28. The maximum atomic E-state index is 14.2. The normalized spacial score (nSPS) is 42.5. The molecule has 2 bridgehead atoms. The molecule has 0 unspecified atom stereocenters. The molecule has 7 aliphatic rings. The first kappa shape index (κ1) is 23.5. The number of piperazine rings is 1. The van der Waals surface area contributed by atoms with Crippen LogP contribution in [0.15, 0.2) is 24.3 Å². The molecule has 1 aliphatic carbocycles. The molecule has 1 aromatic carbocycles. The van der Waals surface area contributed by atoms with Gasteiger partial charge in [0.2, 0.25) is 11.8 Å². The highest BCUT2D eigenvalue weighted by atomic mass is 16.5. The number of nitrogens with zero attached hydrogens (tertiary/aromatic N) is 2. The summed E-state index contributed by atoms with van der Waals surface area (Å²) in [7, 11) is 1.88. The Morgan fingerprint density at radius 1 is 1.16 bits per heavy atom. The lowest BCUT2D eigenvalue weighted by Crippen LogP contribution is -2.82. The summed E-state index contributed by atoms with van der Waals surface area (Å²) in [6.45, 7) is 15.9. The molecule has 3 spiro atoms. The van der Waals surface area contributed by atoms with E-state index in [2.05, 4.69) is 30.6 Å². The van der Waals surface area contributed by atoms with Gasteiger partial charge in [-0.1, -0.05) is 26.5 Å². The van der Waals surface area contributed by atoms with Crippen LogP contribution in [0.3, 0.4) is 0 Å². The number of hydrogen-bond donors (Lipinski definition) is 2. The number of fused-ring (bicyclic) bond motifs is 5. The number of hydrogen-bond acceptors (Lipinski definition) is 6. The Balaban J connectivity index is 1.41. The van der Waals surface area contributed by atoms with Crippen LogP contribution in [-0.2, 0) is 15.0 Å². The minimum atomic E-state index is -1.11. The highest BCUT2D eigenvalue weighted by molar-refractivity contribution is 6.09. The first-order valence-electron chi connectivity index (χ1n) is 13.4. The Morgan fingerprint density at radius 3 is 2.62 bits per heavy atom. The molecule has 6 heterocycles. The second-order valence-electron chi connectivity index (χ2n) is 13.6. The van der Waals surface area contributed by atoms with Crippen LogP contribution in [0.2, 0.25) is 0 Å². The molecule has 1 saturated carbocycles. The van der Waals surface area contributed by atoms with Crippen molar-refractivity contribution in [2.75, 3.05) is 32.1 Å². The van der Waals surface area contributed by atoms with Crippen molar-refractivity contribution in [3.05, 3.63) is 29.8 Å². The minimum absolute atomic E-state index is 0.0108. The van der Waals surface area contributed by atoms with Gasteiger partial charge in [-0.15, -0.1) is 0 Å². The van der Waals surface area contributed by atoms with Crippen LogP contribution >= 0.6 is 0 Å². The molecule has 2 N–H and O–H groups in total. The summed E-state index contributed by atoms with van der Waals surface area (Å²) in [5.41, 5.74) is -2.07. The third-order valence-electron chi connectivity index (χ3n) is 11.6. The van der Waals surface area contributed by atoms with E-state index in [4.69, 9.17) is 9.47 Å². The quantitative estimate of drug-likeness (QED) is 0.525. The molecule has 37 heavy (non-hydrogen) atoms. The fourth-order valence-electron chi connectivity index (χ4n) is 9.17. The predicted octanol–water partition coefficient (Wildman–Crippen LogP) is 2.84. The van der Waals surface area contributed by atoms with Crippen LogP contribution in [0.5, 0.6) is 11.5 Å². The maximum absolute atomic E-state index is 14.2. The van der Waals surface area contributed by atoms with E-state index in [1.165, 1.54) is 0 Å². The lowest BCUT2D eigenvalue weighted by atomic mass is 9.55. The summed E-state index contributed by atoms with van der Waals surface area (Å²) >= 11 is 0. The number of anilines is 1. The molecule has 0 aromatic heterocycles. The molecule has 8 nitrogen and oxygen atoms in total. The lowest BCUT2D eigenvalue weighted by Gasteiger charge is -2.65. The van der Waals surface area contributed by atoms with Crippen LogP contribution in [0.4, 0.5) is 5.69 Å². The summed E-state index contributed by atoms with van der Waals surface area (Å²) in [6, 6.07) is 3.93. The maximum Gasteiger partial charge on any atom is 0.246 e. The summed E-state index contributed by atoms with van der Waals surface area (Å²) in [5.74, 6) is 1.12. The number of aliphatic hydroxyl groups is 1. The standard InChI is InChI=1S/C29H37N3O5/c1-16-13-36-21-18(37-25(16,4)5)9-8-17-20(21)30-22(33)28(17)14-27-15-32-11-10-26(6,35)29(32,23(34)31(27)7)12-19(27)24(28,2)3/h8-9,19,35H,1,10-15H2,2-7H3,(H,30,33)/t19-,26+,27+,28+,29-/m0/s1. The van der Waals surface area contributed by atoms with Gasteiger partial charge in [0.05, 0.1) is 22.2 Å². The Hall–Kier alpha value is -2.58. The van der Waals surface area contributed by atoms with Crippen molar-refractivity contribution in [1.82, 2.24) is 9.80 Å². The van der Waals surface area contributed by atoms with Gasteiger partial charge >= 0.3 is 0 Å². The van der Waals surface area contributed by atoms with E-state index in [9.17, 15) is 14.7 Å². The second-order valence-corrected chi connectivity index (χ2v) is 13.6. The van der Waals surface area contributed by atoms with Crippen molar-refractivity contribution < 1.29 is 24.2 Å². The van der Waals surface area contributed by atoms with E-state index < -0.39 is 33.1 Å². The van der Waals surface area contributed by atoms with Gasteiger partial charge in [-0.3, -0.25) is 14.5 Å². The number of rotatable bonds is 0. The van der Waals surface area contributed by atoms with E-state index in [1.807, 2.05) is 44.9 Å². The average molecular weight is 508 g/mol. The third-order valence-corrected chi connectivity index (χ3v) is 11.6. The summed E-state index contributed by atoms with van der Waals surface area (Å²) in [4.78, 5) is 32.3. The molecule has 5 atom stereocenters. The summed E-state index contributed by atoms with van der Waals surface area (Å²) in [5, 5.41) is 14.7. The van der Waals surface area contributed by atoms with Crippen LogP contribution in [0.1, 0.15) is 59.4 Å². The van der Waals surface area contributed by atoms with E-state index in [-0.39, 0.29) is 17.7 Å². The number of amides is 2. The van der Waals surface area contributed by atoms with Crippen LogP contribution in [0.25, 0.3) is 0 Å². The molecular weight excluding hydrogens is 470 g/mol. The van der Waals surface area contributed by atoms with Crippen LogP contribution in [-0.4, -0.2) is 75.7 Å². The number of nitrogens with one attached hydrogen (secondary N) is 1. The highest BCUT2D eigenvalue weighted by Crippen LogP contribution is 2.73. The van der Waals surface area contributed by atoms with Crippen molar-refractivity contribution >= 4 is 17.5 Å². The molecule has 1 aromatic rings. The number of carbonyl (C=O) groups is 2. The first-order chi connectivity index (χ1) is 17.2. The number of carbonyl (C=O) groups excluding carboxylic acids is 2. The molecule has 5 fully saturated rings. The fraction of sp³-hybridized carbons (Fsp3) is 0.655. The van der Waals surface area contributed by atoms with Gasteiger partial charge in [0, 0.05) is 25.7 Å². The van der Waals surface area contributed by atoms with E-state index in [1.54, 1.807) is 0 Å². The smallest absolute Gasteiger partial charge is 0.246 e. The number of piperidine rings is 2. The Kier molecular flexibility index (Phi) is 4.03. The van der Waals surface area contributed by atoms with Crippen molar-refractivity contribution in [2.45, 2.75) is 81.6 Å². The lowest BCUT2D eigenvalue weighted by molar-refractivity contribution is -0.206. The monoisotopic (exact) mass is 507 g/mol. The number of benzene rings is 1. The van der Waals surface area contributed by atoms with Crippen LogP contribution in [0, 0.1) is 11.3 Å². The SMILES string of the molecule is C=C1COc2c(ccc3c2NC(=O)[C@@]32C[C@@]34CN5CC[C@@](C)(O)[C@]5(C[C@H]3C2(C)C)C(=O)N4C)OC1(C)C. The molecular formula is C29H37N3O5. The highest BCUT2D eigenvalue weighted by Gasteiger charge is 2.82. The zero-order valence-electron chi connectivity index (χ0n) is 22.7. The van der Waals surface area contributed by atoms with Gasteiger partial charge in [0.15, 0.2) is 11.5 Å². The van der Waals surface area contributed by atoms with Crippen molar-refractivity contribution in [2.24, 2.45) is 11.3 Å². The van der Waals surface area contributed by atoms with Gasteiger partial charge in [-0.2, -0.15) is 0 Å². The summed E-state index contributed by atoms with van der Waals surface area (Å²) < 4.78 is 12.5. The second kappa shape index (κ2) is 6.34. The summed E-state index contributed by atoms with van der Waals surface area (Å²) in [6.07, 6.45) is 1.67. The zero-order valence-corrected chi connectivity index (χ0v) is 22.7. The molecule has 2 amide bonds. The van der Waals surface area contributed by atoms with Crippen LogP contribution < -0.4 is 14.8 Å². The van der Waals surface area contributed by atoms with E-state index >= 15 is 0 Å². The Labute approximate surface area is 218 Å². The number of likely N-dealkylation sites (N-methyl/N-ethyl adjacent to an activating group) is 1. The molecule has 4 saturated heterocycles. The zero-order chi connectivity index (χ0) is 26.6. The number of ether oxygens (including phenoxy) is 2. The molecule has 8 heteroatoms. The predicted molar refractivity (Wildman–Crippen MR) is 138 cm³/mol. The van der Waals surface area contributed by atoms with E-state index in [0.717, 1.165) is 11.1 Å². The van der Waals surface area contributed by atoms with Gasteiger partial charge < -0.3 is 24.8 Å². The average Bonchev–Trinajstić information content (AvgIpc) is 3.30. The Morgan fingerprint density at radius 2 is 1.89 bits per heavy atom. The van der Waals surface area contributed by atoms with Gasteiger partial charge in [-0.25, -0.2) is 0 Å². The van der Waals surface area contributed by atoms with Crippen molar-refractivity contribution in [1.29, 1.82) is 0 Å². The van der Waals surface area contributed by atoms with Gasteiger partial charge in [0.25, 0.3) is 0 Å². The molecule has 8 rings (SSSR count). The Bertz CT molecular complexity index is 1320. The van der Waals surface area contributed by atoms with Crippen molar-refractivity contribution in [3.8, 4) is 11.5 Å². The topological polar surface area (TPSA) is 91.3 Å². The molecule has 0 radical (unpaired) electrons. The minimum Gasteiger partial charge on any atom is -0.483 e. The van der Waals surface area contributed by atoms with Gasteiger partial charge in [-0.05, 0) is 63.0 Å². The first-order valence-corrected chi connectivity index (χ1v) is 13.4. The fourth-order valence-corrected chi connectivity index (χ4v) is 9.17. The molecule has 6 aliphatic heterocycles. The largest absolute Gasteiger partial charge is 0.483 e.